The summed E-state index contributed by atoms with van der Waals surface area (Å²) in [6, 6.07) is 0.365. The minimum atomic E-state index is -0.130. The van der Waals surface area contributed by atoms with Crippen LogP contribution >= 0.6 is 0 Å². The first-order valence-corrected chi connectivity index (χ1v) is 8.65. The van der Waals surface area contributed by atoms with Crippen LogP contribution in [0.2, 0.25) is 0 Å². The van der Waals surface area contributed by atoms with E-state index in [1.807, 2.05) is 0 Å². The van der Waals surface area contributed by atoms with Gasteiger partial charge in [0.05, 0.1) is 12.2 Å². The van der Waals surface area contributed by atoms with Gasteiger partial charge in [-0.05, 0) is 56.9 Å². The molecule has 118 valence electrons. The van der Waals surface area contributed by atoms with Gasteiger partial charge < -0.3 is 9.84 Å². The molecule has 3 nitrogen and oxygen atoms in total. The zero-order valence-electron chi connectivity index (χ0n) is 13.6. The average molecular weight is 283 g/mol. The molecule has 2 aliphatic rings. The lowest BCUT2D eigenvalue weighted by molar-refractivity contribution is -0.0565. The molecule has 0 spiro atoms. The number of aliphatic hydroxyl groups is 1. The van der Waals surface area contributed by atoms with E-state index < -0.39 is 0 Å². The Balaban J connectivity index is 1.90. The summed E-state index contributed by atoms with van der Waals surface area (Å²) in [5.41, 5.74) is 0. The Morgan fingerprint density at radius 1 is 1.25 bits per heavy atom. The van der Waals surface area contributed by atoms with Crippen LogP contribution in [-0.4, -0.2) is 48.0 Å². The number of rotatable bonds is 5. The van der Waals surface area contributed by atoms with Gasteiger partial charge in [0, 0.05) is 19.2 Å². The molecule has 1 aliphatic carbocycles. The molecule has 4 unspecified atom stereocenters. The van der Waals surface area contributed by atoms with Crippen LogP contribution in [0, 0.1) is 11.8 Å². The quantitative estimate of drug-likeness (QED) is 0.841. The van der Waals surface area contributed by atoms with Crippen molar-refractivity contribution in [1.82, 2.24) is 4.90 Å². The second kappa shape index (κ2) is 7.77. The molecule has 1 heterocycles. The van der Waals surface area contributed by atoms with E-state index in [4.69, 9.17) is 4.74 Å². The summed E-state index contributed by atoms with van der Waals surface area (Å²) in [6.45, 7) is 9.84. The van der Waals surface area contributed by atoms with Crippen LogP contribution in [0.3, 0.4) is 0 Å². The van der Waals surface area contributed by atoms with Gasteiger partial charge in [0.25, 0.3) is 0 Å². The Bertz CT molecular complexity index is 282. The van der Waals surface area contributed by atoms with Crippen LogP contribution in [0.25, 0.3) is 0 Å². The van der Waals surface area contributed by atoms with E-state index in [-0.39, 0.29) is 6.10 Å². The number of likely N-dealkylation sites (tertiary alicyclic amines) is 1. The number of aliphatic hydroxyl groups excluding tert-OH is 1. The van der Waals surface area contributed by atoms with Gasteiger partial charge in [-0.15, -0.1) is 0 Å². The van der Waals surface area contributed by atoms with Gasteiger partial charge in [0.15, 0.2) is 0 Å². The van der Waals surface area contributed by atoms with Crippen LogP contribution in [0.15, 0.2) is 0 Å². The fraction of sp³-hybridized carbons (Fsp3) is 1.00. The summed E-state index contributed by atoms with van der Waals surface area (Å²) >= 11 is 0. The van der Waals surface area contributed by atoms with Crippen molar-refractivity contribution in [2.24, 2.45) is 11.8 Å². The fourth-order valence-electron chi connectivity index (χ4n) is 3.85. The third-order valence-electron chi connectivity index (χ3n) is 5.20. The Morgan fingerprint density at radius 3 is 2.75 bits per heavy atom. The largest absolute Gasteiger partial charge is 0.391 e. The number of hydrogen-bond donors (Lipinski definition) is 1. The molecule has 0 radical (unpaired) electrons. The van der Waals surface area contributed by atoms with E-state index in [0.29, 0.717) is 12.1 Å². The molecule has 1 aliphatic heterocycles. The highest BCUT2D eigenvalue weighted by atomic mass is 16.5. The molecule has 0 bridgehead atoms. The predicted molar refractivity (Wildman–Crippen MR) is 82.8 cm³/mol. The fourth-order valence-corrected chi connectivity index (χ4v) is 3.85. The zero-order valence-corrected chi connectivity index (χ0v) is 13.6. The minimum absolute atomic E-state index is 0.130. The second-order valence-corrected chi connectivity index (χ2v) is 7.08. The van der Waals surface area contributed by atoms with E-state index in [0.717, 1.165) is 44.4 Å². The van der Waals surface area contributed by atoms with Gasteiger partial charge in [0.1, 0.15) is 0 Å². The Kier molecular flexibility index (Phi) is 6.31. The number of hydrogen-bond acceptors (Lipinski definition) is 3. The highest BCUT2D eigenvalue weighted by Crippen LogP contribution is 2.34. The molecule has 0 amide bonds. The molecule has 3 heteroatoms. The first kappa shape index (κ1) is 16.3. The Hall–Kier alpha value is -0.120. The van der Waals surface area contributed by atoms with Crippen molar-refractivity contribution >= 4 is 0 Å². The molecule has 0 aromatic rings. The molecular formula is C17H33NO2. The van der Waals surface area contributed by atoms with Gasteiger partial charge >= 0.3 is 0 Å². The predicted octanol–water partition coefficient (Wildman–Crippen LogP) is 3.06. The lowest BCUT2D eigenvalue weighted by atomic mass is 9.77. The molecule has 0 aromatic carbocycles. The number of piperidine rings is 1. The van der Waals surface area contributed by atoms with Crippen molar-refractivity contribution in [3.63, 3.8) is 0 Å². The van der Waals surface area contributed by atoms with Crippen LogP contribution in [0.4, 0.5) is 0 Å². The van der Waals surface area contributed by atoms with Crippen molar-refractivity contribution in [1.29, 1.82) is 0 Å². The third-order valence-corrected chi connectivity index (χ3v) is 5.20. The van der Waals surface area contributed by atoms with Crippen LogP contribution in [0.1, 0.15) is 59.3 Å². The molecule has 20 heavy (non-hydrogen) atoms. The van der Waals surface area contributed by atoms with Crippen molar-refractivity contribution < 1.29 is 9.84 Å². The maximum atomic E-state index is 10.4. The number of ether oxygens (including phenoxy) is 1. The van der Waals surface area contributed by atoms with E-state index in [1.54, 1.807) is 0 Å². The van der Waals surface area contributed by atoms with E-state index in [1.165, 1.54) is 25.7 Å². The lowest BCUT2D eigenvalue weighted by Gasteiger charge is -2.44. The SMILES string of the molecule is CCCOC1CCCN(C2CC(C(C)C)CCC2O)C1. The van der Waals surface area contributed by atoms with Gasteiger partial charge in [-0.1, -0.05) is 20.8 Å². The topological polar surface area (TPSA) is 32.7 Å². The highest BCUT2D eigenvalue weighted by Gasteiger charge is 2.36. The highest BCUT2D eigenvalue weighted by molar-refractivity contribution is 4.90. The average Bonchev–Trinajstić information content (AvgIpc) is 2.45. The third kappa shape index (κ3) is 4.19. The van der Waals surface area contributed by atoms with Gasteiger partial charge in [-0.2, -0.15) is 0 Å². The molecule has 1 saturated heterocycles. The first-order chi connectivity index (χ1) is 9.61. The normalized spacial score (nSPS) is 36.5. The molecule has 1 N–H and O–H groups in total. The van der Waals surface area contributed by atoms with Crippen molar-refractivity contribution in [3.05, 3.63) is 0 Å². The molecule has 1 saturated carbocycles. The van der Waals surface area contributed by atoms with Gasteiger partial charge in [-0.3, -0.25) is 4.90 Å². The van der Waals surface area contributed by atoms with Gasteiger partial charge in [0.2, 0.25) is 0 Å². The van der Waals surface area contributed by atoms with E-state index >= 15 is 0 Å². The summed E-state index contributed by atoms with van der Waals surface area (Å²) in [7, 11) is 0. The van der Waals surface area contributed by atoms with E-state index in [2.05, 4.69) is 25.7 Å². The summed E-state index contributed by atoms with van der Waals surface area (Å²) in [4.78, 5) is 2.52. The summed E-state index contributed by atoms with van der Waals surface area (Å²) < 4.78 is 5.94. The van der Waals surface area contributed by atoms with Crippen molar-refractivity contribution in [3.8, 4) is 0 Å². The maximum Gasteiger partial charge on any atom is 0.0702 e. The molecule has 4 atom stereocenters. The van der Waals surface area contributed by atoms with Crippen LogP contribution < -0.4 is 0 Å². The van der Waals surface area contributed by atoms with Gasteiger partial charge in [-0.25, -0.2) is 0 Å². The summed E-state index contributed by atoms with van der Waals surface area (Å²) in [5.74, 6) is 1.52. The zero-order chi connectivity index (χ0) is 14.5. The van der Waals surface area contributed by atoms with Crippen LogP contribution in [0.5, 0.6) is 0 Å². The molecular weight excluding hydrogens is 250 g/mol. The Labute approximate surface area is 124 Å². The smallest absolute Gasteiger partial charge is 0.0702 e. The van der Waals surface area contributed by atoms with Crippen molar-refractivity contribution in [2.75, 3.05) is 19.7 Å². The van der Waals surface area contributed by atoms with E-state index in [9.17, 15) is 5.11 Å². The van der Waals surface area contributed by atoms with Crippen molar-refractivity contribution in [2.45, 2.75) is 77.5 Å². The first-order valence-electron chi connectivity index (χ1n) is 8.65. The minimum Gasteiger partial charge on any atom is -0.391 e. The molecule has 2 rings (SSSR count). The van der Waals surface area contributed by atoms with Crippen LogP contribution in [-0.2, 0) is 4.74 Å². The standard InChI is InChI=1S/C17H33NO2/c1-4-10-20-15-6-5-9-18(12-15)16-11-14(13(2)3)7-8-17(16)19/h13-17,19H,4-12H2,1-3H3. The molecule has 2 fully saturated rings. The monoisotopic (exact) mass is 283 g/mol. The Morgan fingerprint density at radius 2 is 2.05 bits per heavy atom. The summed E-state index contributed by atoms with van der Waals surface area (Å²) in [5, 5.41) is 10.4. The lowest BCUT2D eigenvalue weighted by Crippen LogP contribution is -2.53. The summed E-state index contributed by atoms with van der Waals surface area (Å²) in [6.07, 6.45) is 7.09. The number of nitrogens with zero attached hydrogens (tertiary/aromatic N) is 1. The maximum absolute atomic E-state index is 10.4. The second-order valence-electron chi connectivity index (χ2n) is 7.08. The molecule has 0 aromatic heterocycles.